The van der Waals surface area contributed by atoms with Crippen LogP contribution in [0.2, 0.25) is 0 Å². The molecule has 1 heterocycles. The molecule has 1 fully saturated rings. The molecule has 0 spiro atoms. The van der Waals surface area contributed by atoms with E-state index >= 15 is 0 Å². The summed E-state index contributed by atoms with van der Waals surface area (Å²) in [5, 5.41) is 2.46. The van der Waals surface area contributed by atoms with E-state index in [9.17, 15) is 19.2 Å². The second kappa shape index (κ2) is 5.56. The average Bonchev–Trinajstić information content (AvgIpc) is 2.51. The van der Waals surface area contributed by atoms with Crippen LogP contribution in [-0.2, 0) is 19.2 Å². The maximum absolute atomic E-state index is 11.7. The van der Waals surface area contributed by atoms with Crippen LogP contribution in [0.3, 0.4) is 0 Å². The molecule has 1 aliphatic rings. The molecule has 0 aromatic rings. The van der Waals surface area contributed by atoms with Gasteiger partial charge in [0.25, 0.3) is 5.91 Å². The first-order valence-corrected chi connectivity index (χ1v) is 5.71. The van der Waals surface area contributed by atoms with E-state index in [1.807, 2.05) is 6.92 Å². The van der Waals surface area contributed by atoms with Crippen molar-refractivity contribution in [3.63, 3.8) is 0 Å². The van der Waals surface area contributed by atoms with Crippen LogP contribution in [-0.4, -0.2) is 41.5 Å². The number of likely N-dealkylation sites (tertiary alicyclic amines) is 1. The Bertz CT molecular complexity index is 364. The summed E-state index contributed by atoms with van der Waals surface area (Å²) >= 11 is 0. The van der Waals surface area contributed by atoms with Crippen molar-refractivity contribution in [1.82, 2.24) is 10.2 Å². The lowest BCUT2D eigenvalue weighted by atomic mass is 10.1. The molecule has 6 nitrogen and oxygen atoms in total. The summed E-state index contributed by atoms with van der Waals surface area (Å²) in [6.45, 7) is 4.21. The summed E-state index contributed by atoms with van der Waals surface area (Å²) in [7, 11) is 0. The van der Waals surface area contributed by atoms with Gasteiger partial charge in [-0.15, -0.1) is 0 Å². The third-order valence-electron chi connectivity index (χ3n) is 2.49. The molecule has 0 aromatic heterocycles. The molecule has 0 aliphatic carbocycles. The Morgan fingerprint density at radius 3 is 2.41 bits per heavy atom. The van der Waals surface area contributed by atoms with Gasteiger partial charge < -0.3 is 5.32 Å². The number of nitrogens with one attached hydrogen (secondary N) is 1. The SMILES string of the molecule is CCCNC(=O)[C@H]1C(=O)C(=O)N(CCC)C1=O. The molecular weight excluding hydrogens is 224 g/mol. The molecule has 17 heavy (non-hydrogen) atoms. The normalized spacial score (nSPS) is 20.0. The van der Waals surface area contributed by atoms with Crippen molar-refractivity contribution in [3.8, 4) is 0 Å². The van der Waals surface area contributed by atoms with Crippen LogP contribution in [0.1, 0.15) is 26.7 Å². The van der Waals surface area contributed by atoms with Gasteiger partial charge in [0.05, 0.1) is 0 Å². The lowest BCUT2D eigenvalue weighted by Crippen LogP contribution is -2.39. The largest absolute Gasteiger partial charge is 0.355 e. The van der Waals surface area contributed by atoms with Crippen LogP contribution in [0.5, 0.6) is 0 Å². The molecule has 3 amide bonds. The van der Waals surface area contributed by atoms with Gasteiger partial charge in [0.15, 0.2) is 5.92 Å². The third kappa shape index (κ3) is 2.51. The topological polar surface area (TPSA) is 83.6 Å². The number of hydrogen-bond acceptors (Lipinski definition) is 4. The van der Waals surface area contributed by atoms with Crippen LogP contribution < -0.4 is 5.32 Å². The standard InChI is InChI=1S/C11H16N2O4/c1-3-5-12-9(15)7-8(14)11(17)13(6-4-2)10(7)16/h7H,3-6H2,1-2H3,(H,12,15)/t7-/m1/s1. The lowest BCUT2D eigenvalue weighted by Gasteiger charge is -2.11. The molecule has 1 rings (SSSR count). The minimum absolute atomic E-state index is 0.182. The Morgan fingerprint density at radius 1 is 1.24 bits per heavy atom. The van der Waals surface area contributed by atoms with Crippen LogP contribution >= 0.6 is 0 Å². The molecule has 0 bridgehead atoms. The minimum Gasteiger partial charge on any atom is -0.355 e. The number of rotatable bonds is 5. The summed E-state index contributed by atoms with van der Waals surface area (Å²) in [6.07, 6.45) is 1.27. The summed E-state index contributed by atoms with van der Waals surface area (Å²) < 4.78 is 0. The van der Waals surface area contributed by atoms with Crippen molar-refractivity contribution in [3.05, 3.63) is 0 Å². The van der Waals surface area contributed by atoms with E-state index in [2.05, 4.69) is 5.32 Å². The zero-order chi connectivity index (χ0) is 13.0. The van der Waals surface area contributed by atoms with E-state index in [-0.39, 0.29) is 6.54 Å². The van der Waals surface area contributed by atoms with Crippen molar-refractivity contribution >= 4 is 23.5 Å². The second-order valence-corrected chi connectivity index (χ2v) is 3.88. The first-order valence-electron chi connectivity index (χ1n) is 5.71. The predicted octanol–water partition coefficient (Wildman–Crippen LogP) is -0.523. The van der Waals surface area contributed by atoms with Crippen LogP contribution in [0.25, 0.3) is 0 Å². The Hall–Kier alpha value is -1.72. The third-order valence-corrected chi connectivity index (χ3v) is 2.49. The Labute approximate surface area is 99.3 Å². The van der Waals surface area contributed by atoms with Crippen molar-refractivity contribution < 1.29 is 19.2 Å². The molecule has 1 N–H and O–H groups in total. The van der Waals surface area contributed by atoms with Gasteiger partial charge >= 0.3 is 0 Å². The van der Waals surface area contributed by atoms with Crippen molar-refractivity contribution in [2.75, 3.05) is 13.1 Å². The van der Waals surface area contributed by atoms with E-state index in [4.69, 9.17) is 0 Å². The summed E-state index contributed by atoms with van der Waals surface area (Å²) in [5.41, 5.74) is 0. The predicted molar refractivity (Wildman–Crippen MR) is 58.8 cm³/mol. The van der Waals surface area contributed by atoms with Crippen LogP contribution in [0.4, 0.5) is 0 Å². The van der Waals surface area contributed by atoms with Crippen molar-refractivity contribution in [1.29, 1.82) is 0 Å². The summed E-state index contributed by atoms with van der Waals surface area (Å²) in [6, 6.07) is 0. The van der Waals surface area contributed by atoms with Gasteiger partial charge in [-0.25, -0.2) is 0 Å². The smallest absolute Gasteiger partial charge is 0.297 e. The first-order chi connectivity index (χ1) is 8.04. The molecular formula is C11H16N2O4. The highest BCUT2D eigenvalue weighted by Crippen LogP contribution is 2.16. The maximum atomic E-state index is 11.7. The van der Waals surface area contributed by atoms with Crippen molar-refractivity contribution in [2.24, 2.45) is 5.92 Å². The van der Waals surface area contributed by atoms with E-state index in [1.165, 1.54) is 0 Å². The molecule has 1 aliphatic heterocycles. The molecule has 0 unspecified atom stereocenters. The van der Waals surface area contributed by atoms with Crippen molar-refractivity contribution in [2.45, 2.75) is 26.7 Å². The highest BCUT2D eigenvalue weighted by molar-refractivity contribution is 6.52. The van der Waals surface area contributed by atoms with Gasteiger partial charge in [-0.1, -0.05) is 13.8 Å². The summed E-state index contributed by atoms with van der Waals surface area (Å²) in [4.78, 5) is 47.2. The lowest BCUT2D eigenvalue weighted by molar-refractivity contribution is -0.143. The van der Waals surface area contributed by atoms with E-state index in [0.29, 0.717) is 19.4 Å². The van der Waals surface area contributed by atoms with Gasteiger partial charge in [0, 0.05) is 13.1 Å². The number of imide groups is 1. The minimum atomic E-state index is -1.47. The number of nitrogens with zero attached hydrogens (tertiary/aromatic N) is 1. The number of ketones is 1. The van der Waals surface area contributed by atoms with Gasteiger partial charge in [-0.3, -0.25) is 24.1 Å². The Morgan fingerprint density at radius 2 is 1.88 bits per heavy atom. The zero-order valence-corrected chi connectivity index (χ0v) is 9.99. The molecule has 6 heteroatoms. The summed E-state index contributed by atoms with van der Waals surface area (Å²) in [5.74, 6) is -4.63. The molecule has 0 radical (unpaired) electrons. The second-order valence-electron chi connectivity index (χ2n) is 3.88. The molecule has 1 saturated heterocycles. The average molecular weight is 240 g/mol. The molecule has 94 valence electrons. The van der Waals surface area contributed by atoms with E-state index < -0.39 is 29.4 Å². The van der Waals surface area contributed by atoms with E-state index in [0.717, 1.165) is 4.90 Å². The van der Waals surface area contributed by atoms with Gasteiger partial charge in [-0.05, 0) is 12.8 Å². The fourth-order valence-corrected chi connectivity index (χ4v) is 1.64. The quantitative estimate of drug-likeness (QED) is 0.398. The molecule has 0 saturated carbocycles. The van der Waals surface area contributed by atoms with Gasteiger partial charge in [0.1, 0.15) is 0 Å². The number of Topliss-reactive ketones (excluding diaryl/α,β-unsaturated/α-hetero) is 1. The molecule has 1 atom stereocenters. The fourth-order valence-electron chi connectivity index (χ4n) is 1.64. The zero-order valence-electron chi connectivity index (χ0n) is 9.99. The van der Waals surface area contributed by atoms with Gasteiger partial charge in [0.2, 0.25) is 17.6 Å². The number of hydrogen-bond donors (Lipinski definition) is 1. The fraction of sp³-hybridized carbons (Fsp3) is 0.636. The first kappa shape index (κ1) is 13.3. The number of carbonyl (C=O) groups excluding carboxylic acids is 4. The highest BCUT2D eigenvalue weighted by atomic mass is 16.2. The Kier molecular flexibility index (Phi) is 4.37. The Balaban J connectivity index is 2.80. The van der Waals surface area contributed by atoms with Crippen LogP contribution in [0, 0.1) is 5.92 Å². The van der Waals surface area contributed by atoms with Gasteiger partial charge in [-0.2, -0.15) is 0 Å². The number of carbonyl (C=O) groups is 4. The maximum Gasteiger partial charge on any atom is 0.297 e. The van der Waals surface area contributed by atoms with E-state index in [1.54, 1.807) is 6.92 Å². The molecule has 0 aromatic carbocycles. The monoisotopic (exact) mass is 240 g/mol. The number of amides is 3. The highest BCUT2D eigenvalue weighted by Gasteiger charge is 2.50. The van der Waals surface area contributed by atoms with Crippen LogP contribution in [0.15, 0.2) is 0 Å².